The van der Waals surface area contributed by atoms with Crippen LogP contribution in [-0.4, -0.2) is 29.5 Å². The number of hydrogen-bond donors (Lipinski definition) is 0. The zero-order chi connectivity index (χ0) is 12.6. The molecular formula is C14H18O3S. The summed E-state index contributed by atoms with van der Waals surface area (Å²) < 4.78 is 11.2. The van der Waals surface area contributed by atoms with Gasteiger partial charge in [0.2, 0.25) is 0 Å². The number of rotatable bonds is 2. The monoisotopic (exact) mass is 266 g/mol. The van der Waals surface area contributed by atoms with Crippen molar-refractivity contribution in [2.45, 2.75) is 31.8 Å². The molecule has 98 valence electrons. The van der Waals surface area contributed by atoms with Gasteiger partial charge in [0.05, 0.1) is 11.2 Å². The smallest absolute Gasteiger partial charge is 0.169 e. The third kappa shape index (κ3) is 2.24. The van der Waals surface area contributed by atoms with Crippen LogP contribution in [0.2, 0.25) is 0 Å². The summed E-state index contributed by atoms with van der Waals surface area (Å²) in [6.07, 6.45) is 4.40. The van der Waals surface area contributed by atoms with Gasteiger partial charge in [-0.2, -0.15) is 11.8 Å². The lowest BCUT2D eigenvalue weighted by Crippen LogP contribution is -2.42. The van der Waals surface area contributed by atoms with E-state index in [1.807, 2.05) is 24.8 Å². The Hall–Kier alpha value is -0.740. The highest BCUT2D eigenvalue weighted by Crippen LogP contribution is 2.41. The highest BCUT2D eigenvalue weighted by atomic mass is 32.2. The molecule has 3 nitrogen and oxygen atoms in total. The third-order valence-corrected chi connectivity index (χ3v) is 5.17. The van der Waals surface area contributed by atoms with Crippen LogP contribution >= 0.6 is 11.8 Å². The van der Waals surface area contributed by atoms with Gasteiger partial charge in [0.15, 0.2) is 5.78 Å². The first-order chi connectivity index (χ1) is 8.69. The van der Waals surface area contributed by atoms with Crippen LogP contribution in [0.15, 0.2) is 16.7 Å². The molecule has 1 spiro atoms. The fraction of sp³-hybridized carbons (Fsp3) is 0.643. The standard InChI is InChI=1S/C14H18O3S/c1-10-6-12(8-16-10)13(15)11-2-4-17-14(7-11)3-5-18-9-14/h6,8,11H,2-5,7,9H2,1H3. The van der Waals surface area contributed by atoms with E-state index in [0.717, 1.165) is 42.1 Å². The molecule has 0 saturated carbocycles. The summed E-state index contributed by atoms with van der Waals surface area (Å²) in [5.41, 5.74) is 0.697. The molecular weight excluding hydrogens is 248 g/mol. The molecule has 0 radical (unpaired) electrons. The molecule has 0 aliphatic carbocycles. The van der Waals surface area contributed by atoms with Gasteiger partial charge in [-0.1, -0.05) is 0 Å². The normalized spacial score (nSPS) is 31.9. The van der Waals surface area contributed by atoms with Gasteiger partial charge in [-0.25, -0.2) is 0 Å². The maximum absolute atomic E-state index is 12.4. The zero-order valence-electron chi connectivity index (χ0n) is 10.6. The largest absolute Gasteiger partial charge is 0.469 e. The van der Waals surface area contributed by atoms with E-state index in [9.17, 15) is 4.79 Å². The Morgan fingerprint density at radius 2 is 2.44 bits per heavy atom. The van der Waals surface area contributed by atoms with E-state index in [2.05, 4.69) is 0 Å². The number of aryl methyl sites for hydroxylation is 1. The van der Waals surface area contributed by atoms with E-state index in [0.29, 0.717) is 6.61 Å². The number of carbonyl (C=O) groups excluding carboxylic acids is 1. The molecule has 1 aromatic heterocycles. The number of thioether (sulfide) groups is 1. The second-order valence-electron chi connectivity index (χ2n) is 5.33. The molecule has 0 N–H and O–H groups in total. The van der Waals surface area contributed by atoms with Crippen LogP contribution in [0.5, 0.6) is 0 Å². The Bertz CT molecular complexity index is 446. The van der Waals surface area contributed by atoms with Crippen molar-refractivity contribution in [1.29, 1.82) is 0 Å². The number of hydrogen-bond acceptors (Lipinski definition) is 4. The average molecular weight is 266 g/mol. The molecule has 2 saturated heterocycles. The van der Waals surface area contributed by atoms with Crippen molar-refractivity contribution in [2.24, 2.45) is 5.92 Å². The number of ether oxygens (including phenoxy) is 1. The quantitative estimate of drug-likeness (QED) is 0.771. The lowest BCUT2D eigenvalue weighted by atomic mass is 9.81. The van der Waals surface area contributed by atoms with Crippen molar-refractivity contribution in [3.8, 4) is 0 Å². The molecule has 1 aromatic rings. The van der Waals surface area contributed by atoms with Crippen molar-refractivity contribution >= 4 is 17.5 Å². The van der Waals surface area contributed by atoms with Crippen LogP contribution < -0.4 is 0 Å². The molecule has 3 rings (SSSR count). The van der Waals surface area contributed by atoms with Gasteiger partial charge < -0.3 is 9.15 Å². The minimum Gasteiger partial charge on any atom is -0.469 e. The molecule has 2 aliphatic heterocycles. The number of ketones is 1. The van der Waals surface area contributed by atoms with Crippen LogP contribution in [0.4, 0.5) is 0 Å². The van der Waals surface area contributed by atoms with E-state index in [1.165, 1.54) is 0 Å². The lowest BCUT2D eigenvalue weighted by Gasteiger charge is -2.37. The molecule has 2 atom stereocenters. The fourth-order valence-electron chi connectivity index (χ4n) is 2.92. The van der Waals surface area contributed by atoms with Crippen molar-refractivity contribution in [1.82, 2.24) is 0 Å². The Morgan fingerprint density at radius 1 is 1.56 bits per heavy atom. The van der Waals surface area contributed by atoms with E-state index in [-0.39, 0.29) is 17.3 Å². The van der Waals surface area contributed by atoms with Gasteiger partial charge in [0, 0.05) is 18.3 Å². The summed E-state index contributed by atoms with van der Waals surface area (Å²) in [4.78, 5) is 12.4. The van der Waals surface area contributed by atoms with E-state index < -0.39 is 0 Å². The van der Waals surface area contributed by atoms with Crippen LogP contribution in [0.25, 0.3) is 0 Å². The Morgan fingerprint density at radius 3 is 3.11 bits per heavy atom. The van der Waals surface area contributed by atoms with Gasteiger partial charge in [-0.3, -0.25) is 4.79 Å². The van der Waals surface area contributed by atoms with Crippen molar-refractivity contribution in [3.63, 3.8) is 0 Å². The Kier molecular flexibility index (Phi) is 3.24. The van der Waals surface area contributed by atoms with Crippen LogP contribution in [0.1, 0.15) is 35.4 Å². The second kappa shape index (κ2) is 4.74. The first-order valence-corrected chi connectivity index (χ1v) is 7.65. The fourth-order valence-corrected chi connectivity index (χ4v) is 4.30. The van der Waals surface area contributed by atoms with E-state index in [4.69, 9.17) is 9.15 Å². The van der Waals surface area contributed by atoms with Crippen molar-refractivity contribution < 1.29 is 13.9 Å². The third-order valence-electron chi connectivity index (χ3n) is 3.95. The van der Waals surface area contributed by atoms with Gasteiger partial charge in [-0.05, 0) is 38.0 Å². The van der Waals surface area contributed by atoms with Crippen LogP contribution in [0, 0.1) is 12.8 Å². The average Bonchev–Trinajstić information content (AvgIpc) is 2.98. The first kappa shape index (κ1) is 12.3. The molecule has 2 aliphatic rings. The molecule has 2 fully saturated rings. The lowest BCUT2D eigenvalue weighted by molar-refractivity contribution is -0.0734. The summed E-state index contributed by atoms with van der Waals surface area (Å²) >= 11 is 1.94. The summed E-state index contributed by atoms with van der Waals surface area (Å²) in [6, 6.07) is 1.84. The topological polar surface area (TPSA) is 39.4 Å². The van der Waals surface area contributed by atoms with Crippen molar-refractivity contribution in [3.05, 3.63) is 23.7 Å². The van der Waals surface area contributed by atoms with E-state index >= 15 is 0 Å². The van der Waals surface area contributed by atoms with Gasteiger partial charge >= 0.3 is 0 Å². The number of Topliss-reactive ketones (excluding diaryl/α,β-unsaturated/α-hetero) is 1. The molecule has 0 aromatic carbocycles. The van der Waals surface area contributed by atoms with Crippen LogP contribution in [-0.2, 0) is 4.74 Å². The molecule has 0 amide bonds. The number of furan rings is 1. The highest BCUT2D eigenvalue weighted by molar-refractivity contribution is 7.99. The minimum absolute atomic E-state index is 0.0258. The van der Waals surface area contributed by atoms with Gasteiger partial charge in [0.1, 0.15) is 12.0 Å². The molecule has 4 heteroatoms. The Labute approximate surface area is 111 Å². The summed E-state index contributed by atoms with van der Waals surface area (Å²) in [7, 11) is 0. The van der Waals surface area contributed by atoms with Gasteiger partial charge in [-0.15, -0.1) is 0 Å². The first-order valence-electron chi connectivity index (χ1n) is 6.50. The summed E-state index contributed by atoms with van der Waals surface area (Å²) in [5, 5.41) is 0. The molecule has 2 unspecified atom stereocenters. The maximum atomic E-state index is 12.4. The second-order valence-corrected chi connectivity index (χ2v) is 6.44. The minimum atomic E-state index is -0.0258. The van der Waals surface area contributed by atoms with Gasteiger partial charge in [0.25, 0.3) is 0 Å². The zero-order valence-corrected chi connectivity index (χ0v) is 11.4. The van der Waals surface area contributed by atoms with E-state index in [1.54, 1.807) is 6.26 Å². The molecule has 0 bridgehead atoms. The Balaban J connectivity index is 1.74. The molecule has 18 heavy (non-hydrogen) atoms. The molecule has 3 heterocycles. The maximum Gasteiger partial charge on any atom is 0.169 e. The summed E-state index contributed by atoms with van der Waals surface area (Å²) in [6.45, 7) is 2.59. The SMILES string of the molecule is Cc1cc(C(=O)C2CCOC3(CCSC3)C2)co1. The predicted molar refractivity (Wildman–Crippen MR) is 71.1 cm³/mol. The summed E-state index contributed by atoms with van der Waals surface area (Å²) in [5.74, 6) is 3.34. The number of carbonyl (C=O) groups is 1. The highest BCUT2D eigenvalue weighted by Gasteiger charge is 2.42. The predicted octanol–water partition coefficient (Wildman–Crippen LogP) is 3.07. The van der Waals surface area contributed by atoms with Crippen molar-refractivity contribution in [2.75, 3.05) is 18.1 Å². The van der Waals surface area contributed by atoms with Crippen LogP contribution in [0.3, 0.4) is 0 Å².